The third-order valence-corrected chi connectivity index (χ3v) is 8.65. The van der Waals surface area contributed by atoms with Crippen molar-refractivity contribution in [3.05, 3.63) is 66.9 Å². The number of rotatable bonds is 4. The van der Waals surface area contributed by atoms with Crippen LogP contribution in [0.3, 0.4) is 0 Å². The van der Waals surface area contributed by atoms with Gasteiger partial charge in [0.2, 0.25) is 9.84 Å². The van der Waals surface area contributed by atoms with Gasteiger partial charge in [0.25, 0.3) is 0 Å². The number of alkyl halides is 6. The Balaban J connectivity index is 1.97. The number of hydrogen-bond acceptors (Lipinski definition) is 8. The van der Waals surface area contributed by atoms with E-state index in [1.807, 2.05) is 0 Å². The Kier molecular flexibility index (Phi) is 7.97. The fourth-order valence-electron chi connectivity index (χ4n) is 3.82. The van der Waals surface area contributed by atoms with E-state index in [0.29, 0.717) is 33.6 Å². The van der Waals surface area contributed by atoms with Crippen molar-refractivity contribution in [2.24, 2.45) is 0 Å². The summed E-state index contributed by atoms with van der Waals surface area (Å²) in [6.07, 6.45) is -9.73. The molecule has 0 bridgehead atoms. The van der Waals surface area contributed by atoms with E-state index in [-0.39, 0.29) is 0 Å². The van der Waals surface area contributed by atoms with Crippen LogP contribution in [0.4, 0.5) is 38.0 Å². The van der Waals surface area contributed by atoms with E-state index < -0.39 is 97.6 Å². The maximum Gasteiger partial charge on any atom is 0.416 e. The third kappa shape index (κ3) is 5.39. The van der Waals surface area contributed by atoms with Gasteiger partial charge in [0.05, 0.1) is 31.2 Å². The number of nitrogens with zero attached hydrogens (tertiary/aromatic N) is 6. The van der Waals surface area contributed by atoms with Crippen molar-refractivity contribution in [2.75, 3.05) is 11.5 Å². The number of benzene rings is 2. The highest BCUT2D eigenvalue weighted by Gasteiger charge is 2.39. The first-order valence-electron chi connectivity index (χ1n) is 10.7. The third-order valence-electron chi connectivity index (χ3n) is 5.61. The van der Waals surface area contributed by atoms with Gasteiger partial charge >= 0.3 is 12.4 Å². The van der Waals surface area contributed by atoms with Crippen LogP contribution in [0.1, 0.15) is 22.5 Å². The second-order valence-electron chi connectivity index (χ2n) is 8.25. The zero-order valence-corrected chi connectivity index (χ0v) is 24.0. The first kappa shape index (κ1) is 32.1. The van der Waals surface area contributed by atoms with Crippen LogP contribution in [0.5, 0.6) is 0 Å². The quantitative estimate of drug-likeness (QED) is 0.229. The van der Waals surface area contributed by atoms with Gasteiger partial charge < -0.3 is 11.5 Å². The summed E-state index contributed by atoms with van der Waals surface area (Å²) >= 11 is 24.0. The predicted molar refractivity (Wildman–Crippen MR) is 141 cm³/mol. The molecule has 0 saturated carbocycles. The van der Waals surface area contributed by atoms with Crippen molar-refractivity contribution in [3.8, 4) is 23.5 Å². The summed E-state index contributed by atoms with van der Waals surface area (Å²) in [6, 6.07) is 4.73. The van der Waals surface area contributed by atoms with Crippen LogP contribution < -0.4 is 11.5 Å². The second-order valence-corrected chi connectivity index (χ2v) is 11.7. The zero-order chi connectivity index (χ0) is 32.4. The van der Waals surface area contributed by atoms with Gasteiger partial charge in [-0.25, -0.2) is 17.8 Å². The Bertz CT molecular complexity index is 1840. The van der Waals surface area contributed by atoms with Gasteiger partial charge in [0.15, 0.2) is 21.2 Å². The fourth-order valence-corrected chi connectivity index (χ4v) is 6.72. The molecule has 4 rings (SSSR count). The minimum Gasteiger partial charge on any atom is -0.382 e. The highest BCUT2D eigenvalue weighted by Crippen LogP contribution is 2.43. The number of nitriles is 2. The molecular weight excluding hydrogens is 696 g/mol. The normalized spacial score (nSPS) is 12.3. The van der Waals surface area contributed by atoms with E-state index in [1.165, 1.54) is 12.1 Å². The number of halogens is 10. The molecule has 10 nitrogen and oxygen atoms in total. The molecule has 2 aromatic carbocycles. The number of aromatic nitrogens is 4. The Morgan fingerprint density at radius 1 is 0.674 bits per heavy atom. The molecule has 0 unspecified atom stereocenters. The van der Waals surface area contributed by atoms with Crippen LogP contribution in [-0.4, -0.2) is 28.0 Å². The average Bonchev–Trinajstić information content (AvgIpc) is 3.39. The Morgan fingerprint density at radius 3 is 1.19 bits per heavy atom. The summed E-state index contributed by atoms with van der Waals surface area (Å²) in [5.41, 5.74) is 6.56. The Morgan fingerprint density at radius 2 is 0.953 bits per heavy atom. The van der Waals surface area contributed by atoms with Gasteiger partial charge in [-0.2, -0.15) is 47.1 Å². The molecule has 21 heteroatoms. The van der Waals surface area contributed by atoms with Crippen LogP contribution in [0.2, 0.25) is 20.1 Å². The molecule has 2 heterocycles. The summed E-state index contributed by atoms with van der Waals surface area (Å²) in [4.78, 5) is -2.15. The van der Waals surface area contributed by atoms with Gasteiger partial charge in [0, 0.05) is 0 Å². The molecule has 0 aliphatic carbocycles. The average molecular weight is 704 g/mol. The maximum atomic E-state index is 13.8. The molecule has 0 spiro atoms. The summed E-state index contributed by atoms with van der Waals surface area (Å²) in [5.74, 6) is -1.77. The fraction of sp³-hybridized carbons (Fsp3) is 0.0909. The number of hydrogen-bond donors (Lipinski definition) is 2. The van der Waals surface area contributed by atoms with E-state index in [0.717, 1.165) is 0 Å². The maximum absolute atomic E-state index is 13.8. The van der Waals surface area contributed by atoms with Crippen LogP contribution in [0, 0.1) is 22.7 Å². The van der Waals surface area contributed by atoms with Crippen LogP contribution >= 0.6 is 46.4 Å². The second kappa shape index (κ2) is 10.7. The zero-order valence-electron chi connectivity index (χ0n) is 20.2. The molecule has 4 aromatic rings. The molecule has 0 saturated heterocycles. The van der Waals surface area contributed by atoms with Crippen LogP contribution in [0.15, 0.2) is 34.1 Å². The molecule has 0 aliphatic rings. The highest BCUT2D eigenvalue weighted by molar-refractivity contribution is 7.92. The molecule has 224 valence electrons. The van der Waals surface area contributed by atoms with E-state index >= 15 is 0 Å². The van der Waals surface area contributed by atoms with Gasteiger partial charge in [-0.15, -0.1) is 0 Å². The number of nitrogens with two attached hydrogens (primary N) is 2. The standard InChI is InChI=1S/C22H8Cl4F6N8O2S/c23-9-1-7(21(27,28)29)2-10(24)15(9)39-19(35)17(13(5-33)37-39)43(41,42)18-14(6-34)38-40(20(18)36)16-11(25)3-8(4-12(16)26)22(30,31)32/h1-4H,35-36H2. The van der Waals surface area contributed by atoms with Crippen molar-refractivity contribution in [3.63, 3.8) is 0 Å². The monoisotopic (exact) mass is 702 g/mol. The largest absolute Gasteiger partial charge is 0.416 e. The number of sulfone groups is 1. The molecule has 0 atom stereocenters. The molecule has 0 radical (unpaired) electrons. The highest BCUT2D eigenvalue weighted by atomic mass is 35.5. The molecule has 4 N–H and O–H groups in total. The molecule has 0 fully saturated rings. The van der Waals surface area contributed by atoms with Gasteiger partial charge in [-0.3, -0.25) is 0 Å². The van der Waals surface area contributed by atoms with Crippen molar-refractivity contribution < 1.29 is 34.8 Å². The van der Waals surface area contributed by atoms with Crippen molar-refractivity contribution in [1.29, 1.82) is 10.5 Å². The Labute approximate surface area is 256 Å². The van der Waals surface area contributed by atoms with Crippen molar-refractivity contribution >= 4 is 67.9 Å². The van der Waals surface area contributed by atoms with E-state index in [1.54, 1.807) is 0 Å². The lowest BCUT2D eigenvalue weighted by atomic mass is 10.2. The van der Waals surface area contributed by atoms with Gasteiger partial charge in [0.1, 0.15) is 35.1 Å². The summed E-state index contributed by atoms with van der Waals surface area (Å²) in [5, 5.41) is 24.0. The SMILES string of the molecule is N#Cc1nn(-c2c(Cl)cc(C(F)(F)F)cc2Cl)c(N)c1S(=O)(=O)c1c(C#N)nn(-c2c(Cl)cc(C(F)(F)F)cc2Cl)c1N. The molecule has 0 amide bonds. The van der Waals surface area contributed by atoms with E-state index in [9.17, 15) is 45.3 Å². The minimum atomic E-state index is -5.17. The van der Waals surface area contributed by atoms with Crippen molar-refractivity contribution in [2.45, 2.75) is 22.1 Å². The molecule has 43 heavy (non-hydrogen) atoms. The first-order chi connectivity index (χ1) is 19.7. The van der Waals surface area contributed by atoms with Gasteiger partial charge in [-0.05, 0) is 24.3 Å². The summed E-state index contributed by atoms with van der Waals surface area (Å²) < 4.78 is 108. The lowest BCUT2D eigenvalue weighted by Crippen LogP contribution is -2.12. The first-order valence-corrected chi connectivity index (χ1v) is 13.7. The number of anilines is 2. The smallest absolute Gasteiger partial charge is 0.382 e. The molecular formula is C22H8Cl4F6N8O2S. The lowest BCUT2D eigenvalue weighted by Gasteiger charge is -2.14. The predicted octanol–water partition coefficient (Wildman–Crippen LogP) is 6.45. The van der Waals surface area contributed by atoms with E-state index in [2.05, 4.69) is 10.2 Å². The Hall–Kier alpha value is -3.87. The minimum absolute atomic E-state index is 0.456. The van der Waals surface area contributed by atoms with Crippen LogP contribution in [-0.2, 0) is 22.2 Å². The molecule has 2 aromatic heterocycles. The van der Waals surface area contributed by atoms with Gasteiger partial charge in [-0.1, -0.05) is 46.4 Å². The summed E-state index contributed by atoms with van der Waals surface area (Å²) in [6.45, 7) is 0. The molecule has 0 aliphatic heterocycles. The van der Waals surface area contributed by atoms with E-state index in [4.69, 9.17) is 57.9 Å². The topological polar surface area (TPSA) is 169 Å². The lowest BCUT2D eigenvalue weighted by molar-refractivity contribution is -0.138. The summed E-state index contributed by atoms with van der Waals surface area (Å²) in [7, 11) is -5.17. The van der Waals surface area contributed by atoms with Crippen molar-refractivity contribution in [1.82, 2.24) is 19.6 Å². The van der Waals surface area contributed by atoms with Crippen LogP contribution in [0.25, 0.3) is 11.4 Å². The number of nitrogen functional groups attached to an aromatic ring is 2.